The Morgan fingerprint density at radius 2 is 0.866 bits per heavy atom. The molecule has 2 fully saturated rings. The van der Waals surface area contributed by atoms with Crippen LogP contribution in [0, 0.1) is 0 Å². The van der Waals surface area contributed by atoms with Crippen LogP contribution < -0.4 is 18.9 Å². The highest BCUT2D eigenvalue weighted by Crippen LogP contribution is 2.50. The first-order valence-electron chi connectivity index (χ1n) is 27.3. The van der Waals surface area contributed by atoms with Crippen LogP contribution in [-0.4, -0.2) is 86.6 Å². The Bertz CT molecular complexity index is 2900. The topological polar surface area (TPSA) is 114 Å². The van der Waals surface area contributed by atoms with Crippen molar-refractivity contribution in [2.45, 2.75) is 114 Å². The van der Waals surface area contributed by atoms with Gasteiger partial charge in [0.05, 0.1) is 79.0 Å². The Morgan fingerprint density at radius 1 is 0.500 bits per heavy atom. The number of hydrogen-bond acceptors (Lipinski definition) is 10. The van der Waals surface area contributed by atoms with Crippen LogP contribution >= 0.6 is 46.4 Å². The van der Waals surface area contributed by atoms with E-state index in [1.165, 1.54) is 0 Å². The SMILES string of the molecule is C=CC[C@@]1(C)O[C@H](c2cccc(Cl)c2)[C@@H](c2ccc(Cl)cc2)N([C@@H](CC)COCc2ccc(OC)c(OC)c2)C1=O.C=CC[C@]1(C)O[C@H](c2cccc(Cl)c2)[C@@H](c2ccc(Cl)cc2)N([C@@H](CC)COCc2ccc(OC)c(OC)c2)C1=O. The summed E-state index contributed by atoms with van der Waals surface area (Å²) in [6.45, 7) is 16.9. The maximum atomic E-state index is 14.3. The van der Waals surface area contributed by atoms with E-state index in [1.807, 2.05) is 157 Å². The van der Waals surface area contributed by atoms with Gasteiger partial charge in [-0.3, -0.25) is 9.59 Å². The largest absolute Gasteiger partial charge is 0.493 e. The van der Waals surface area contributed by atoms with Crippen molar-refractivity contribution >= 4 is 58.2 Å². The third-order valence-corrected chi connectivity index (χ3v) is 15.9. The maximum Gasteiger partial charge on any atom is 0.255 e. The first kappa shape index (κ1) is 63.5. The molecule has 6 aromatic carbocycles. The molecular formula is C66H74Cl4N2O10. The lowest BCUT2D eigenvalue weighted by Gasteiger charge is -2.51. The number of halogens is 4. The fourth-order valence-corrected chi connectivity index (χ4v) is 11.4. The van der Waals surface area contributed by atoms with Crippen molar-refractivity contribution in [2.75, 3.05) is 41.7 Å². The van der Waals surface area contributed by atoms with Crippen LogP contribution in [0.5, 0.6) is 23.0 Å². The highest BCUT2D eigenvalue weighted by molar-refractivity contribution is 6.31. The maximum absolute atomic E-state index is 14.3. The lowest BCUT2D eigenvalue weighted by atomic mass is 9.86. The summed E-state index contributed by atoms with van der Waals surface area (Å²) in [4.78, 5) is 32.6. The summed E-state index contributed by atoms with van der Waals surface area (Å²) in [7, 11) is 6.42. The van der Waals surface area contributed by atoms with Gasteiger partial charge in [-0.2, -0.15) is 0 Å². The van der Waals surface area contributed by atoms with Crippen molar-refractivity contribution < 1.29 is 47.5 Å². The standard InChI is InChI=1S/2C33H37Cl2NO5/c2*1-6-17-33(3)32(37)36(27(7-2)21-40-20-22-11-16-28(38-4)29(18-22)39-5)30(23-12-14-25(34)15-13-23)31(41-33)24-9-8-10-26(35)19-24/h2*6,8-16,18-19,27,30-31H,1,7,17,20-21H2,2-5H3/t27-,30+,31+,33+;27-,30+,31+,33-/m00/s1. The van der Waals surface area contributed by atoms with Crippen molar-refractivity contribution in [2.24, 2.45) is 0 Å². The second-order valence-corrected chi connectivity index (χ2v) is 22.3. The quantitative estimate of drug-likeness (QED) is 0.0543. The molecule has 16 heteroatoms. The van der Waals surface area contributed by atoms with Gasteiger partial charge in [0.2, 0.25) is 0 Å². The molecule has 6 aromatic rings. The Hall–Kier alpha value is -6.06. The Morgan fingerprint density at radius 3 is 1.18 bits per heavy atom. The van der Waals surface area contributed by atoms with E-state index in [1.54, 1.807) is 40.6 Å². The van der Waals surface area contributed by atoms with E-state index >= 15 is 0 Å². The summed E-state index contributed by atoms with van der Waals surface area (Å²) in [5, 5.41) is 2.43. The van der Waals surface area contributed by atoms with E-state index in [4.69, 9.17) is 84.3 Å². The van der Waals surface area contributed by atoms with Gasteiger partial charge in [-0.15, -0.1) is 13.2 Å². The van der Waals surface area contributed by atoms with Crippen LogP contribution in [0.15, 0.2) is 159 Å². The molecule has 0 saturated carbocycles. The number of benzene rings is 6. The van der Waals surface area contributed by atoms with Crippen molar-refractivity contribution in [1.82, 2.24) is 9.80 Å². The summed E-state index contributed by atoms with van der Waals surface area (Å²) in [5.74, 6) is 2.35. The minimum Gasteiger partial charge on any atom is -0.493 e. The Labute approximate surface area is 503 Å². The molecule has 436 valence electrons. The van der Waals surface area contributed by atoms with E-state index in [0.717, 1.165) is 33.4 Å². The van der Waals surface area contributed by atoms with Gasteiger partial charge >= 0.3 is 0 Å². The molecule has 12 nitrogen and oxygen atoms in total. The Balaban J connectivity index is 0.000000236. The third-order valence-electron chi connectivity index (χ3n) is 14.9. The van der Waals surface area contributed by atoms with Crippen LogP contribution in [0.1, 0.15) is 111 Å². The summed E-state index contributed by atoms with van der Waals surface area (Å²) in [6, 6.07) is 40.3. The van der Waals surface area contributed by atoms with Crippen LogP contribution in [0.25, 0.3) is 0 Å². The van der Waals surface area contributed by atoms with E-state index in [2.05, 4.69) is 27.0 Å². The first-order chi connectivity index (χ1) is 39.5. The predicted molar refractivity (Wildman–Crippen MR) is 326 cm³/mol. The third kappa shape index (κ3) is 15.0. The normalized spacial score (nSPS) is 21.4. The van der Waals surface area contributed by atoms with Gasteiger partial charge in [0.1, 0.15) is 23.4 Å². The van der Waals surface area contributed by atoms with Crippen molar-refractivity contribution in [1.29, 1.82) is 0 Å². The average molecular weight is 1200 g/mol. The number of morpholine rings is 2. The molecule has 0 bridgehead atoms. The fraction of sp³-hybridized carbons (Fsp3) is 0.364. The lowest BCUT2D eigenvalue weighted by Crippen LogP contribution is -2.60. The Kier molecular flexibility index (Phi) is 22.8. The van der Waals surface area contributed by atoms with Crippen LogP contribution in [0.2, 0.25) is 20.1 Å². The second-order valence-electron chi connectivity index (χ2n) is 20.6. The highest BCUT2D eigenvalue weighted by Gasteiger charge is 2.53. The molecular weight excluding hydrogens is 1120 g/mol. The molecule has 8 atom stereocenters. The van der Waals surface area contributed by atoms with Gasteiger partial charge < -0.3 is 47.7 Å². The molecule has 0 spiro atoms. The van der Waals surface area contributed by atoms with E-state index in [-0.39, 0.29) is 23.9 Å². The van der Waals surface area contributed by atoms with E-state index in [0.29, 0.717) is 95.2 Å². The fourth-order valence-electron chi connectivity index (χ4n) is 10.7. The second kappa shape index (κ2) is 29.5. The number of rotatable bonds is 24. The van der Waals surface area contributed by atoms with Crippen LogP contribution in [0.3, 0.4) is 0 Å². The summed E-state index contributed by atoms with van der Waals surface area (Å²) in [5.41, 5.74) is 3.22. The molecule has 0 radical (unpaired) electrons. The van der Waals surface area contributed by atoms with Gasteiger partial charge in [-0.1, -0.05) is 133 Å². The molecule has 0 aromatic heterocycles. The summed E-state index contributed by atoms with van der Waals surface area (Å²) < 4.78 is 47.5. The smallest absolute Gasteiger partial charge is 0.255 e. The van der Waals surface area contributed by atoms with Crippen LogP contribution in [-0.2, 0) is 41.8 Å². The van der Waals surface area contributed by atoms with Crippen molar-refractivity contribution in [3.05, 3.63) is 212 Å². The molecule has 2 aliphatic heterocycles. The number of carbonyl (C=O) groups excluding carboxylic acids is 2. The van der Waals surface area contributed by atoms with Gasteiger partial charge in [0.15, 0.2) is 23.0 Å². The number of methoxy groups -OCH3 is 4. The molecule has 2 heterocycles. The van der Waals surface area contributed by atoms with E-state index < -0.39 is 35.5 Å². The molecule has 2 amide bonds. The number of nitrogens with zero attached hydrogens (tertiary/aromatic N) is 2. The average Bonchev–Trinajstić information content (AvgIpc) is 3.56. The van der Waals surface area contributed by atoms with Gasteiger partial charge in [0, 0.05) is 32.9 Å². The monoisotopic (exact) mass is 1190 g/mol. The van der Waals surface area contributed by atoms with Gasteiger partial charge in [-0.25, -0.2) is 0 Å². The molecule has 0 N–H and O–H groups in total. The summed E-state index contributed by atoms with van der Waals surface area (Å²) >= 11 is 25.4. The summed E-state index contributed by atoms with van der Waals surface area (Å²) in [6.07, 6.45) is 4.54. The molecule has 82 heavy (non-hydrogen) atoms. The number of ether oxygens (including phenoxy) is 8. The van der Waals surface area contributed by atoms with Crippen LogP contribution in [0.4, 0.5) is 0 Å². The van der Waals surface area contributed by atoms with Gasteiger partial charge in [0.25, 0.3) is 11.8 Å². The minimum absolute atomic E-state index is 0.114. The van der Waals surface area contributed by atoms with Crippen molar-refractivity contribution in [3.8, 4) is 23.0 Å². The lowest BCUT2D eigenvalue weighted by molar-refractivity contribution is -0.204. The zero-order valence-corrected chi connectivity index (χ0v) is 50.9. The number of amides is 2. The van der Waals surface area contributed by atoms with E-state index in [9.17, 15) is 9.59 Å². The zero-order chi connectivity index (χ0) is 59.1. The first-order valence-corrected chi connectivity index (χ1v) is 28.8. The minimum atomic E-state index is -1.12. The highest BCUT2D eigenvalue weighted by atomic mass is 35.5. The zero-order valence-electron chi connectivity index (χ0n) is 47.9. The molecule has 8 rings (SSSR count). The van der Waals surface area contributed by atoms with Crippen molar-refractivity contribution in [3.63, 3.8) is 0 Å². The molecule has 0 aliphatic carbocycles. The molecule has 2 aliphatic rings. The van der Waals surface area contributed by atoms with Gasteiger partial charge in [-0.05, 0) is 133 Å². The number of hydrogen-bond donors (Lipinski definition) is 0. The number of carbonyl (C=O) groups is 2. The molecule has 2 saturated heterocycles. The molecule has 0 unspecified atom stereocenters. The predicted octanol–water partition coefficient (Wildman–Crippen LogP) is 16.0.